The summed E-state index contributed by atoms with van der Waals surface area (Å²) in [7, 11) is 0. The summed E-state index contributed by atoms with van der Waals surface area (Å²) in [6.07, 6.45) is 0. The van der Waals surface area contributed by atoms with Crippen LogP contribution in [-0.4, -0.2) is 29.1 Å². The Hall–Kier alpha value is -1.56. The molecule has 0 atom stereocenters. The van der Waals surface area contributed by atoms with Gasteiger partial charge in [0.05, 0.1) is 0 Å². The van der Waals surface area contributed by atoms with Crippen molar-refractivity contribution in [3.8, 4) is 5.75 Å². The van der Waals surface area contributed by atoms with Gasteiger partial charge in [0, 0.05) is 10.0 Å². The molecular weight excluding hydrogens is 326 g/mol. The Balaban J connectivity index is 2.88. The number of carbonyl (C=O) groups excluding carboxylic acids is 1. The molecule has 1 rings (SSSR count). The normalized spacial score (nSPS) is 11.1. The third-order valence-electron chi connectivity index (χ3n) is 2.33. The molecule has 0 saturated heterocycles. The first kappa shape index (κ1) is 16.5. The van der Waals surface area contributed by atoms with Crippen LogP contribution < -0.4 is 10.1 Å². The number of rotatable bonds is 4. The lowest BCUT2D eigenvalue weighted by atomic mass is 10.1. The third kappa shape index (κ3) is 4.85. The van der Waals surface area contributed by atoms with Crippen molar-refractivity contribution in [2.24, 2.45) is 0 Å². The molecule has 0 aromatic heterocycles. The molecule has 0 heterocycles. The smallest absolute Gasteiger partial charge is 0.339 e. The van der Waals surface area contributed by atoms with Gasteiger partial charge in [-0.1, -0.05) is 15.9 Å². The van der Waals surface area contributed by atoms with Gasteiger partial charge in [-0.05, 0) is 45.4 Å². The number of carboxylic acids is 1. The maximum Gasteiger partial charge on any atom is 0.339 e. The van der Waals surface area contributed by atoms with Crippen LogP contribution in [0.15, 0.2) is 16.6 Å². The summed E-state index contributed by atoms with van der Waals surface area (Å²) in [5, 5.41) is 11.9. The van der Waals surface area contributed by atoms with E-state index < -0.39 is 5.97 Å². The monoisotopic (exact) mass is 343 g/mol. The predicted molar refractivity (Wildman–Crippen MR) is 79.2 cm³/mol. The second-order valence-corrected chi connectivity index (χ2v) is 6.41. The molecule has 20 heavy (non-hydrogen) atoms. The van der Waals surface area contributed by atoms with Crippen LogP contribution in [0.4, 0.5) is 0 Å². The molecule has 2 N–H and O–H groups in total. The highest BCUT2D eigenvalue weighted by Gasteiger charge is 2.18. The number of halogens is 1. The molecule has 1 aromatic carbocycles. The zero-order chi connectivity index (χ0) is 15.5. The molecule has 0 bridgehead atoms. The topological polar surface area (TPSA) is 75.6 Å². The average Bonchev–Trinajstić information content (AvgIpc) is 2.24. The fraction of sp³-hybridized carbons (Fsp3) is 0.429. The maximum atomic E-state index is 11.7. The van der Waals surface area contributed by atoms with Crippen molar-refractivity contribution in [3.63, 3.8) is 0 Å². The van der Waals surface area contributed by atoms with E-state index in [2.05, 4.69) is 21.2 Å². The number of hydrogen-bond acceptors (Lipinski definition) is 3. The van der Waals surface area contributed by atoms with E-state index in [1.807, 2.05) is 20.8 Å². The van der Waals surface area contributed by atoms with Crippen molar-refractivity contribution in [3.05, 3.63) is 27.7 Å². The average molecular weight is 344 g/mol. The van der Waals surface area contributed by atoms with Gasteiger partial charge in [-0.15, -0.1) is 0 Å². The number of hydrogen-bond donors (Lipinski definition) is 2. The van der Waals surface area contributed by atoms with Crippen LogP contribution in [0.1, 0.15) is 36.7 Å². The lowest BCUT2D eigenvalue weighted by Gasteiger charge is -2.21. The minimum Gasteiger partial charge on any atom is -0.483 e. The minimum absolute atomic E-state index is 0.0282. The van der Waals surface area contributed by atoms with E-state index in [4.69, 9.17) is 9.84 Å². The van der Waals surface area contributed by atoms with Gasteiger partial charge in [-0.25, -0.2) is 4.79 Å². The van der Waals surface area contributed by atoms with E-state index in [0.29, 0.717) is 10.0 Å². The molecule has 0 aliphatic heterocycles. The summed E-state index contributed by atoms with van der Waals surface area (Å²) in [6.45, 7) is 7.09. The third-order valence-corrected chi connectivity index (χ3v) is 2.79. The van der Waals surface area contributed by atoms with Gasteiger partial charge in [0.15, 0.2) is 6.61 Å². The van der Waals surface area contributed by atoms with Crippen molar-refractivity contribution in [1.29, 1.82) is 0 Å². The summed E-state index contributed by atoms with van der Waals surface area (Å²) in [6, 6.07) is 3.19. The number of carbonyl (C=O) groups is 2. The molecule has 0 fully saturated rings. The molecule has 0 aliphatic carbocycles. The Morgan fingerprint density at radius 1 is 1.35 bits per heavy atom. The summed E-state index contributed by atoms with van der Waals surface area (Å²) < 4.78 is 6.03. The van der Waals surface area contributed by atoms with Crippen molar-refractivity contribution >= 4 is 27.8 Å². The van der Waals surface area contributed by atoms with Gasteiger partial charge in [0.1, 0.15) is 11.3 Å². The Morgan fingerprint density at radius 3 is 2.45 bits per heavy atom. The lowest BCUT2D eigenvalue weighted by molar-refractivity contribution is -0.124. The molecule has 6 heteroatoms. The zero-order valence-corrected chi connectivity index (χ0v) is 13.5. The van der Waals surface area contributed by atoms with Crippen LogP contribution in [0.5, 0.6) is 5.75 Å². The minimum atomic E-state index is -1.10. The first-order valence-corrected chi connectivity index (χ1v) is 6.86. The number of amides is 1. The number of aryl methyl sites for hydroxylation is 1. The number of carboxylic acid groups (broad SMARTS) is 1. The molecule has 110 valence electrons. The van der Waals surface area contributed by atoms with Crippen LogP contribution in [0.3, 0.4) is 0 Å². The summed E-state index contributed by atoms with van der Waals surface area (Å²) >= 11 is 3.24. The maximum absolute atomic E-state index is 11.7. The van der Waals surface area contributed by atoms with Crippen molar-refractivity contribution in [2.75, 3.05) is 6.61 Å². The Morgan fingerprint density at radius 2 is 1.95 bits per heavy atom. The van der Waals surface area contributed by atoms with E-state index in [1.54, 1.807) is 13.0 Å². The van der Waals surface area contributed by atoms with Crippen LogP contribution in [0, 0.1) is 6.92 Å². The highest BCUT2D eigenvalue weighted by Crippen LogP contribution is 2.28. The number of ether oxygens (including phenoxy) is 1. The number of benzene rings is 1. The van der Waals surface area contributed by atoms with Crippen LogP contribution in [0.2, 0.25) is 0 Å². The van der Waals surface area contributed by atoms with E-state index in [1.165, 1.54) is 6.07 Å². The zero-order valence-electron chi connectivity index (χ0n) is 11.9. The van der Waals surface area contributed by atoms with Crippen molar-refractivity contribution < 1.29 is 19.4 Å². The first-order valence-electron chi connectivity index (χ1n) is 6.07. The second kappa shape index (κ2) is 6.26. The predicted octanol–water partition coefficient (Wildman–Crippen LogP) is 2.75. The molecule has 0 aliphatic rings. The van der Waals surface area contributed by atoms with Gasteiger partial charge in [0.25, 0.3) is 5.91 Å². The van der Waals surface area contributed by atoms with Gasteiger partial charge in [-0.3, -0.25) is 4.79 Å². The van der Waals surface area contributed by atoms with E-state index in [0.717, 1.165) is 0 Å². The number of nitrogens with one attached hydrogen (secondary N) is 1. The molecular formula is C14H18BrNO4. The Labute approximate surface area is 126 Å². The van der Waals surface area contributed by atoms with Crippen molar-refractivity contribution in [1.82, 2.24) is 5.32 Å². The molecule has 1 amide bonds. The largest absolute Gasteiger partial charge is 0.483 e. The molecule has 5 nitrogen and oxygen atoms in total. The Kier molecular flexibility index (Phi) is 5.16. The first-order chi connectivity index (χ1) is 9.10. The fourth-order valence-electron chi connectivity index (χ4n) is 1.67. The molecule has 1 aromatic rings. The van der Waals surface area contributed by atoms with Crippen LogP contribution in [0.25, 0.3) is 0 Å². The van der Waals surface area contributed by atoms with Crippen LogP contribution >= 0.6 is 15.9 Å². The quantitative estimate of drug-likeness (QED) is 0.881. The van der Waals surface area contributed by atoms with Gasteiger partial charge < -0.3 is 15.2 Å². The molecule has 0 unspecified atom stereocenters. The summed E-state index contributed by atoms with van der Waals surface area (Å²) in [4.78, 5) is 22.9. The van der Waals surface area contributed by atoms with Gasteiger partial charge in [-0.2, -0.15) is 0 Å². The van der Waals surface area contributed by atoms with E-state index >= 15 is 0 Å². The van der Waals surface area contributed by atoms with E-state index in [9.17, 15) is 9.59 Å². The van der Waals surface area contributed by atoms with Crippen molar-refractivity contribution in [2.45, 2.75) is 33.2 Å². The molecule has 0 radical (unpaired) electrons. The lowest BCUT2D eigenvalue weighted by Crippen LogP contribution is -2.43. The summed E-state index contributed by atoms with van der Waals surface area (Å²) in [5.41, 5.74) is 0.325. The van der Waals surface area contributed by atoms with E-state index in [-0.39, 0.29) is 29.4 Å². The molecule has 0 saturated carbocycles. The summed E-state index contributed by atoms with van der Waals surface area (Å²) in [5.74, 6) is -1.18. The standard InChI is InChI=1S/C14H18BrNO4/c1-8-5-9(15)6-10(13(18)19)12(8)20-7-11(17)16-14(2,3)4/h5-6H,7H2,1-4H3,(H,16,17)(H,18,19). The van der Waals surface area contributed by atoms with Gasteiger partial charge >= 0.3 is 5.97 Å². The number of aromatic carboxylic acids is 1. The Bertz CT molecular complexity index is 535. The SMILES string of the molecule is Cc1cc(Br)cc(C(=O)O)c1OCC(=O)NC(C)(C)C. The highest BCUT2D eigenvalue weighted by molar-refractivity contribution is 9.10. The highest BCUT2D eigenvalue weighted by atomic mass is 79.9. The second-order valence-electron chi connectivity index (χ2n) is 5.49. The van der Waals surface area contributed by atoms with Gasteiger partial charge in [0.2, 0.25) is 0 Å². The van der Waals surface area contributed by atoms with Crippen LogP contribution in [-0.2, 0) is 4.79 Å². The molecule has 0 spiro atoms. The fourth-order valence-corrected chi connectivity index (χ4v) is 2.24.